The Labute approximate surface area is 159 Å². The summed E-state index contributed by atoms with van der Waals surface area (Å²) < 4.78 is 5.50. The molecule has 2 aliphatic heterocycles. The lowest BCUT2D eigenvalue weighted by molar-refractivity contribution is 0.0126. The lowest BCUT2D eigenvalue weighted by Gasteiger charge is -2.36. The van der Waals surface area contributed by atoms with E-state index in [1.807, 2.05) is 37.8 Å². The molecular formula is C18H25Cl2N3O2. The lowest BCUT2D eigenvalue weighted by Crippen LogP contribution is -2.51. The summed E-state index contributed by atoms with van der Waals surface area (Å²) in [5, 5.41) is 1.06. The lowest BCUT2D eigenvalue weighted by atomic mass is 10.1. The Kier molecular flexibility index (Phi) is 5.22. The summed E-state index contributed by atoms with van der Waals surface area (Å²) in [6.45, 7) is 7.94. The molecule has 3 atom stereocenters. The second-order valence-electron chi connectivity index (χ2n) is 7.91. The summed E-state index contributed by atoms with van der Waals surface area (Å²) in [6.07, 6.45) is 0.765. The van der Waals surface area contributed by atoms with Gasteiger partial charge in [-0.05, 0) is 44.9 Å². The number of benzene rings is 1. The van der Waals surface area contributed by atoms with Crippen LogP contribution >= 0.6 is 23.2 Å². The van der Waals surface area contributed by atoms with Crippen LogP contribution in [0.15, 0.2) is 18.2 Å². The number of likely N-dealkylation sites (tertiary alicyclic amines) is 2. The van der Waals surface area contributed by atoms with E-state index < -0.39 is 5.60 Å². The summed E-state index contributed by atoms with van der Waals surface area (Å²) in [5.74, 6) is 0. The van der Waals surface area contributed by atoms with E-state index in [1.54, 1.807) is 6.07 Å². The topological polar surface area (TPSA) is 58.8 Å². The molecule has 138 valence electrons. The number of hydrogen-bond acceptors (Lipinski definition) is 4. The van der Waals surface area contributed by atoms with Crippen molar-refractivity contribution in [3.05, 3.63) is 33.8 Å². The monoisotopic (exact) mass is 385 g/mol. The second-order valence-corrected chi connectivity index (χ2v) is 8.72. The maximum absolute atomic E-state index is 12.3. The average molecular weight is 386 g/mol. The van der Waals surface area contributed by atoms with Crippen molar-refractivity contribution in [3.63, 3.8) is 0 Å². The van der Waals surface area contributed by atoms with Gasteiger partial charge in [0, 0.05) is 37.8 Å². The molecule has 2 N–H and O–H groups in total. The van der Waals surface area contributed by atoms with E-state index in [0.29, 0.717) is 22.6 Å². The van der Waals surface area contributed by atoms with Crippen molar-refractivity contribution in [2.75, 3.05) is 19.6 Å². The number of piperazine rings is 1. The van der Waals surface area contributed by atoms with Crippen LogP contribution in [-0.4, -0.2) is 53.2 Å². The minimum absolute atomic E-state index is 0.135. The van der Waals surface area contributed by atoms with Gasteiger partial charge in [0.1, 0.15) is 5.60 Å². The molecule has 3 unspecified atom stereocenters. The fourth-order valence-electron chi connectivity index (χ4n) is 3.62. The zero-order valence-corrected chi connectivity index (χ0v) is 16.3. The van der Waals surface area contributed by atoms with Crippen molar-refractivity contribution in [1.29, 1.82) is 0 Å². The summed E-state index contributed by atoms with van der Waals surface area (Å²) in [6, 6.07) is 5.94. The largest absolute Gasteiger partial charge is 0.444 e. The predicted octanol–water partition coefficient (Wildman–Crippen LogP) is 3.69. The Balaban J connectivity index is 1.58. The van der Waals surface area contributed by atoms with Gasteiger partial charge < -0.3 is 15.4 Å². The fourth-order valence-corrected chi connectivity index (χ4v) is 3.92. The highest BCUT2D eigenvalue weighted by Gasteiger charge is 2.46. The number of nitrogens with zero attached hydrogens (tertiary/aromatic N) is 2. The maximum Gasteiger partial charge on any atom is 0.410 e. The molecule has 2 bridgehead atoms. The van der Waals surface area contributed by atoms with Gasteiger partial charge in [-0.1, -0.05) is 29.3 Å². The second kappa shape index (κ2) is 6.95. The van der Waals surface area contributed by atoms with E-state index in [4.69, 9.17) is 33.7 Å². The number of carbonyl (C=O) groups excluding carboxylic acids is 1. The van der Waals surface area contributed by atoms with Gasteiger partial charge in [0.05, 0.1) is 10.0 Å². The smallest absolute Gasteiger partial charge is 0.410 e. The Morgan fingerprint density at radius 1 is 1.28 bits per heavy atom. The van der Waals surface area contributed by atoms with Crippen LogP contribution in [0, 0.1) is 0 Å². The minimum atomic E-state index is -0.463. The number of halogens is 2. The van der Waals surface area contributed by atoms with E-state index in [2.05, 4.69) is 4.90 Å². The molecule has 0 aliphatic carbocycles. The summed E-state index contributed by atoms with van der Waals surface area (Å²) >= 11 is 12.1. The normalized spacial score (nSPS) is 24.6. The van der Waals surface area contributed by atoms with Crippen LogP contribution < -0.4 is 5.73 Å². The van der Waals surface area contributed by atoms with Crippen LogP contribution in [0.3, 0.4) is 0 Å². The Morgan fingerprint density at radius 2 is 2.00 bits per heavy atom. The third kappa shape index (κ3) is 4.22. The number of fused-ring (bicyclic) bond motifs is 2. The Morgan fingerprint density at radius 3 is 2.56 bits per heavy atom. The van der Waals surface area contributed by atoms with Gasteiger partial charge in [-0.2, -0.15) is 0 Å². The van der Waals surface area contributed by atoms with Gasteiger partial charge in [0.2, 0.25) is 0 Å². The van der Waals surface area contributed by atoms with E-state index in [-0.39, 0.29) is 18.2 Å². The first-order chi connectivity index (χ1) is 11.6. The first kappa shape index (κ1) is 18.8. The van der Waals surface area contributed by atoms with Crippen LogP contribution in [0.2, 0.25) is 10.0 Å². The van der Waals surface area contributed by atoms with Crippen molar-refractivity contribution in [1.82, 2.24) is 9.80 Å². The van der Waals surface area contributed by atoms with Gasteiger partial charge in [0.15, 0.2) is 0 Å². The summed E-state index contributed by atoms with van der Waals surface area (Å²) in [7, 11) is 0. The molecule has 0 saturated carbocycles. The number of nitrogens with two attached hydrogens (primary N) is 1. The zero-order valence-electron chi connectivity index (χ0n) is 14.8. The molecule has 0 spiro atoms. The summed E-state index contributed by atoms with van der Waals surface area (Å²) in [5.41, 5.74) is 6.86. The van der Waals surface area contributed by atoms with Crippen LogP contribution in [-0.2, 0) is 4.74 Å². The molecule has 1 aromatic carbocycles. The number of hydrogen-bond donors (Lipinski definition) is 1. The van der Waals surface area contributed by atoms with Crippen molar-refractivity contribution in [2.24, 2.45) is 5.73 Å². The van der Waals surface area contributed by atoms with Crippen molar-refractivity contribution < 1.29 is 9.53 Å². The van der Waals surface area contributed by atoms with Gasteiger partial charge in [0.25, 0.3) is 0 Å². The minimum Gasteiger partial charge on any atom is -0.444 e. The molecule has 1 aromatic rings. The first-order valence-corrected chi connectivity index (χ1v) is 9.34. The number of rotatable bonds is 3. The third-order valence-electron chi connectivity index (χ3n) is 4.79. The predicted molar refractivity (Wildman–Crippen MR) is 100 cm³/mol. The number of amides is 1. The summed E-state index contributed by atoms with van der Waals surface area (Å²) in [4.78, 5) is 16.5. The van der Waals surface area contributed by atoms with Crippen LogP contribution in [0.4, 0.5) is 4.79 Å². The Bertz CT molecular complexity index is 662. The molecule has 0 aromatic heterocycles. The molecule has 7 heteroatoms. The SMILES string of the molecule is CC(C)(C)OC(=O)N1CC2CC1CN2CC(N)c1ccc(Cl)c(Cl)c1. The number of ether oxygens (including phenoxy) is 1. The van der Waals surface area contributed by atoms with Gasteiger partial charge in [-0.15, -0.1) is 0 Å². The maximum atomic E-state index is 12.3. The molecule has 2 saturated heterocycles. The highest BCUT2D eigenvalue weighted by Crippen LogP contribution is 2.33. The van der Waals surface area contributed by atoms with E-state index >= 15 is 0 Å². The molecule has 5 nitrogen and oxygen atoms in total. The Hall–Kier alpha value is -1.01. The molecule has 1 amide bonds. The molecule has 2 aliphatic rings. The molecule has 3 rings (SSSR count). The quantitative estimate of drug-likeness (QED) is 0.861. The standard InChI is InChI=1S/C18H25Cl2N3O2/c1-18(2,3)25-17(24)23-9-12-7-13(23)8-22(12)10-16(21)11-4-5-14(19)15(20)6-11/h4-6,12-13,16H,7-10,21H2,1-3H3. The van der Waals surface area contributed by atoms with E-state index in [9.17, 15) is 4.79 Å². The molecule has 25 heavy (non-hydrogen) atoms. The van der Waals surface area contributed by atoms with Crippen LogP contribution in [0.25, 0.3) is 0 Å². The highest BCUT2D eigenvalue weighted by atomic mass is 35.5. The molecule has 0 radical (unpaired) electrons. The van der Waals surface area contributed by atoms with Gasteiger partial charge in [-0.25, -0.2) is 4.79 Å². The van der Waals surface area contributed by atoms with Crippen molar-refractivity contribution in [3.8, 4) is 0 Å². The van der Waals surface area contributed by atoms with Crippen molar-refractivity contribution >= 4 is 29.3 Å². The third-order valence-corrected chi connectivity index (χ3v) is 5.52. The van der Waals surface area contributed by atoms with Crippen molar-refractivity contribution in [2.45, 2.75) is 50.9 Å². The molecule has 2 fully saturated rings. The van der Waals surface area contributed by atoms with Gasteiger partial charge in [-0.3, -0.25) is 4.90 Å². The highest BCUT2D eigenvalue weighted by molar-refractivity contribution is 6.42. The van der Waals surface area contributed by atoms with Gasteiger partial charge >= 0.3 is 6.09 Å². The molecule has 2 heterocycles. The first-order valence-electron chi connectivity index (χ1n) is 8.58. The van der Waals surface area contributed by atoms with Crippen LogP contribution in [0.1, 0.15) is 38.8 Å². The molecular weight excluding hydrogens is 361 g/mol. The fraction of sp³-hybridized carbons (Fsp3) is 0.611. The zero-order chi connectivity index (χ0) is 18.4. The van der Waals surface area contributed by atoms with Crippen LogP contribution in [0.5, 0.6) is 0 Å². The number of carbonyl (C=O) groups is 1. The van der Waals surface area contributed by atoms with E-state index in [0.717, 1.165) is 25.1 Å². The average Bonchev–Trinajstić information content (AvgIpc) is 3.08. The van der Waals surface area contributed by atoms with E-state index in [1.165, 1.54) is 0 Å².